The molecule has 1 atom stereocenters. The number of methoxy groups -OCH3 is 1. The molecular formula is C27H31N7O4. The topological polar surface area (TPSA) is 143 Å². The summed E-state index contributed by atoms with van der Waals surface area (Å²) in [6.45, 7) is 2.75. The number of aromatic carboxylic acids is 1. The van der Waals surface area contributed by atoms with Gasteiger partial charge in [0.05, 0.1) is 25.4 Å². The van der Waals surface area contributed by atoms with E-state index in [-0.39, 0.29) is 12.1 Å². The molecule has 0 aliphatic carbocycles. The molecule has 198 valence electrons. The van der Waals surface area contributed by atoms with Crippen LogP contribution in [0.25, 0.3) is 22.3 Å². The van der Waals surface area contributed by atoms with Gasteiger partial charge < -0.3 is 20.5 Å². The minimum absolute atomic E-state index is 0.0416. The van der Waals surface area contributed by atoms with Gasteiger partial charge in [-0.2, -0.15) is 5.10 Å². The van der Waals surface area contributed by atoms with Crippen LogP contribution in [0.1, 0.15) is 22.5 Å². The van der Waals surface area contributed by atoms with Crippen LogP contribution in [0.2, 0.25) is 0 Å². The number of fused-ring (bicyclic) bond motifs is 1. The van der Waals surface area contributed by atoms with Gasteiger partial charge in [0, 0.05) is 49.7 Å². The third-order valence-electron chi connectivity index (χ3n) is 7.25. The Bertz CT molecular complexity index is 1460. The van der Waals surface area contributed by atoms with Crippen LogP contribution in [0, 0.1) is 0 Å². The fourth-order valence-electron chi connectivity index (χ4n) is 5.40. The monoisotopic (exact) mass is 517 g/mol. The third-order valence-corrected chi connectivity index (χ3v) is 7.25. The number of H-pyrrole nitrogens is 1. The quantitative estimate of drug-likeness (QED) is 0.307. The van der Waals surface area contributed by atoms with E-state index in [1.165, 1.54) is 0 Å². The highest BCUT2D eigenvalue weighted by Crippen LogP contribution is 2.38. The number of aromatic nitrogens is 4. The molecule has 1 fully saturated rings. The number of nitrogens with zero attached hydrogens (tertiary/aromatic N) is 5. The lowest BCUT2D eigenvalue weighted by atomic mass is 9.91. The Morgan fingerprint density at radius 3 is 2.61 bits per heavy atom. The van der Waals surface area contributed by atoms with E-state index in [9.17, 15) is 14.7 Å². The largest absolute Gasteiger partial charge is 0.497 e. The number of likely N-dealkylation sites (N-methyl/N-ethyl adjacent to an activating group) is 1. The van der Waals surface area contributed by atoms with Crippen LogP contribution >= 0.6 is 0 Å². The van der Waals surface area contributed by atoms with Crippen molar-refractivity contribution in [2.75, 3.05) is 40.3 Å². The molecule has 0 spiro atoms. The predicted molar refractivity (Wildman–Crippen MR) is 142 cm³/mol. The summed E-state index contributed by atoms with van der Waals surface area (Å²) in [6, 6.07) is 12.9. The summed E-state index contributed by atoms with van der Waals surface area (Å²) < 4.78 is 7.17. The smallest absolute Gasteiger partial charge is 0.352 e. The maximum Gasteiger partial charge on any atom is 0.352 e. The van der Waals surface area contributed by atoms with Crippen LogP contribution in [-0.4, -0.2) is 86.9 Å². The van der Waals surface area contributed by atoms with Crippen molar-refractivity contribution in [2.45, 2.75) is 18.5 Å². The second-order valence-corrected chi connectivity index (χ2v) is 9.71. The molecule has 4 N–H and O–H groups in total. The second-order valence-electron chi connectivity index (χ2n) is 9.71. The normalized spacial score (nSPS) is 16.4. The summed E-state index contributed by atoms with van der Waals surface area (Å²) in [5.41, 5.74) is 7.57. The first-order valence-corrected chi connectivity index (χ1v) is 12.4. The zero-order chi connectivity index (χ0) is 26.9. The molecule has 1 aliphatic rings. The number of carbonyl (C=O) groups excluding carboxylic acids is 1. The molecule has 5 rings (SSSR count). The Hall–Kier alpha value is -4.22. The van der Waals surface area contributed by atoms with Crippen LogP contribution in [-0.2, 0) is 16.9 Å². The van der Waals surface area contributed by atoms with Gasteiger partial charge in [-0.1, -0.05) is 12.1 Å². The predicted octanol–water partition coefficient (Wildman–Crippen LogP) is 2.15. The van der Waals surface area contributed by atoms with Crippen molar-refractivity contribution in [3.05, 3.63) is 66.1 Å². The summed E-state index contributed by atoms with van der Waals surface area (Å²) in [7, 11) is 3.64. The molecule has 0 saturated carbocycles. The van der Waals surface area contributed by atoms with Crippen LogP contribution < -0.4 is 10.5 Å². The summed E-state index contributed by atoms with van der Waals surface area (Å²) in [6.07, 6.45) is 3.61. The maximum atomic E-state index is 12.8. The number of carboxylic acid groups (broad SMARTS) is 1. The number of carbonyl (C=O) groups is 2. The lowest BCUT2D eigenvalue weighted by Gasteiger charge is -2.48. The number of piperazine rings is 1. The first-order valence-electron chi connectivity index (χ1n) is 12.4. The number of nitrogens with two attached hydrogens (primary N) is 1. The van der Waals surface area contributed by atoms with Gasteiger partial charge in [0.15, 0.2) is 0 Å². The molecule has 0 radical (unpaired) electrons. The molecule has 1 unspecified atom stereocenters. The van der Waals surface area contributed by atoms with Crippen molar-refractivity contribution < 1.29 is 19.4 Å². The molecule has 3 aromatic heterocycles. The number of amides is 1. The van der Waals surface area contributed by atoms with Gasteiger partial charge in [0.2, 0.25) is 5.91 Å². The van der Waals surface area contributed by atoms with E-state index in [0.29, 0.717) is 42.0 Å². The number of hydrogen-bond acceptors (Lipinski definition) is 7. The summed E-state index contributed by atoms with van der Waals surface area (Å²) in [4.78, 5) is 34.8. The van der Waals surface area contributed by atoms with E-state index >= 15 is 0 Å². The number of benzene rings is 1. The van der Waals surface area contributed by atoms with Crippen LogP contribution in [0.15, 0.2) is 54.9 Å². The van der Waals surface area contributed by atoms with Crippen molar-refractivity contribution in [2.24, 2.45) is 5.73 Å². The summed E-state index contributed by atoms with van der Waals surface area (Å²) in [5.74, 6) is -0.970. The molecule has 4 heterocycles. The fourth-order valence-corrected chi connectivity index (χ4v) is 5.40. The highest BCUT2D eigenvalue weighted by Gasteiger charge is 2.44. The van der Waals surface area contributed by atoms with Gasteiger partial charge in [0.25, 0.3) is 0 Å². The SMILES string of the molecule is COc1cccc(CC(CC(N)=O)(N2CCN(C)CC2)n2c(C(=O)O)cc3ccc(-c4cn[nH]c4)nc32)c1. The zero-order valence-electron chi connectivity index (χ0n) is 21.4. The van der Waals surface area contributed by atoms with Crippen LogP contribution in [0.5, 0.6) is 5.75 Å². The van der Waals surface area contributed by atoms with Gasteiger partial charge in [-0.25, -0.2) is 9.78 Å². The Labute approximate surface area is 219 Å². The lowest BCUT2D eigenvalue weighted by Crippen LogP contribution is -2.60. The van der Waals surface area contributed by atoms with Gasteiger partial charge in [-0.15, -0.1) is 0 Å². The van der Waals surface area contributed by atoms with Gasteiger partial charge in [-0.3, -0.25) is 19.4 Å². The number of ether oxygens (including phenoxy) is 1. The lowest BCUT2D eigenvalue weighted by molar-refractivity contribution is -0.124. The van der Waals surface area contributed by atoms with Gasteiger partial charge in [0.1, 0.15) is 22.8 Å². The number of aromatic amines is 1. The highest BCUT2D eigenvalue weighted by molar-refractivity contribution is 5.94. The van der Waals surface area contributed by atoms with E-state index in [4.69, 9.17) is 15.5 Å². The maximum absolute atomic E-state index is 12.8. The van der Waals surface area contributed by atoms with Gasteiger partial charge in [-0.05, 0) is 42.9 Å². The molecule has 1 aromatic carbocycles. The van der Waals surface area contributed by atoms with Crippen molar-refractivity contribution in [1.82, 2.24) is 29.5 Å². The zero-order valence-corrected chi connectivity index (χ0v) is 21.4. The molecule has 38 heavy (non-hydrogen) atoms. The average molecular weight is 518 g/mol. The number of nitrogens with one attached hydrogen (secondary N) is 1. The summed E-state index contributed by atoms with van der Waals surface area (Å²) >= 11 is 0. The Kier molecular flexibility index (Phi) is 6.87. The number of rotatable bonds is 9. The second kappa shape index (κ2) is 10.3. The van der Waals surface area contributed by atoms with E-state index in [1.54, 1.807) is 30.1 Å². The van der Waals surface area contributed by atoms with Crippen molar-refractivity contribution in [3.63, 3.8) is 0 Å². The minimum Gasteiger partial charge on any atom is -0.497 e. The fraction of sp³-hybridized carbons (Fsp3) is 0.333. The third kappa shape index (κ3) is 4.73. The van der Waals surface area contributed by atoms with Crippen molar-refractivity contribution in [3.8, 4) is 17.0 Å². The molecule has 1 saturated heterocycles. The molecule has 1 amide bonds. The van der Waals surface area contributed by atoms with Crippen LogP contribution in [0.3, 0.4) is 0 Å². The molecular weight excluding hydrogens is 486 g/mol. The van der Waals surface area contributed by atoms with E-state index in [1.807, 2.05) is 43.4 Å². The average Bonchev–Trinajstić information content (AvgIpc) is 3.57. The van der Waals surface area contributed by atoms with Gasteiger partial charge >= 0.3 is 5.97 Å². The Morgan fingerprint density at radius 2 is 1.95 bits per heavy atom. The van der Waals surface area contributed by atoms with E-state index < -0.39 is 17.5 Å². The highest BCUT2D eigenvalue weighted by atomic mass is 16.5. The molecule has 0 bridgehead atoms. The van der Waals surface area contributed by atoms with Crippen molar-refractivity contribution in [1.29, 1.82) is 0 Å². The number of pyridine rings is 1. The molecule has 11 heteroatoms. The molecule has 1 aliphatic heterocycles. The first-order chi connectivity index (χ1) is 18.3. The Balaban J connectivity index is 1.80. The van der Waals surface area contributed by atoms with E-state index in [2.05, 4.69) is 20.0 Å². The summed E-state index contributed by atoms with van der Waals surface area (Å²) in [5, 5.41) is 17.9. The van der Waals surface area contributed by atoms with Crippen molar-refractivity contribution >= 4 is 22.9 Å². The van der Waals surface area contributed by atoms with E-state index in [0.717, 1.165) is 24.2 Å². The Morgan fingerprint density at radius 1 is 1.16 bits per heavy atom. The molecule has 4 aromatic rings. The standard InChI is InChI=1S/C27H31N7O4/c1-32-8-10-33(11-9-32)27(15-24(28)35,14-18-4-3-5-21(12-18)38-2)34-23(26(36)37)13-19-6-7-22(31-25(19)34)20-16-29-30-17-20/h3-7,12-13,16-17H,8-11,14-15H2,1-2H3,(H2,28,35)(H,29,30)(H,36,37). The minimum atomic E-state index is -1.13. The number of primary amides is 1. The van der Waals surface area contributed by atoms with Crippen LogP contribution in [0.4, 0.5) is 0 Å². The number of hydrogen-bond donors (Lipinski definition) is 3. The first kappa shape index (κ1) is 25.4. The molecule has 11 nitrogen and oxygen atoms in total. The number of carboxylic acids is 1.